The predicted molar refractivity (Wildman–Crippen MR) is 128 cm³/mol. The van der Waals surface area contributed by atoms with Crippen molar-refractivity contribution >= 4 is 45.5 Å². The van der Waals surface area contributed by atoms with Crippen molar-refractivity contribution in [3.8, 4) is 0 Å². The Morgan fingerprint density at radius 3 is 2.71 bits per heavy atom. The number of guanidine groups is 1. The minimum absolute atomic E-state index is 0. The van der Waals surface area contributed by atoms with Crippen molar-refractivity contribution in [1.82, 2.24) is 10.6 Å². The number of halogens is 1. The molecule has 2 aliphatic rings. The van der Waals surface area contributed by atoms with Crippen LogP contribution in [0.5, 0.6) is 0 Å². The molecule has 2 saturated heterocycles. The highest BCUT2D eigenvalue weighted by atomic mass is 127. The topological polar surface area (TPSA) is 73.8 Å². The highest BCUT2D eigenvalue weighted by molar-refractivity contribution is 14.0. The van der Waals surface area contributed by atoms with E-state index in [0.717, 1.165) is 32.0 Å². The van der Waals surface area contributed by atoms with Gasteiger partial charge in [-0.25, -0.2) is 8.42 Å². The molecule has 2 aliphatic heterocycles. The van der Waals surface area contributed by atoms with Crippen molar-refractivity contribution in [2.75, 3.05) is 42.6 Å². The SMILES string of the molecule is CCNC(=NCC1CCS(=O)(=O)C1)NC(C)c1cccc(N2CCCC2)c1.I. The van der Waals surface area contributed by atoms with Gasteiger partial charge >= 0.3 is 0 Å². The van der Waals surface area contributed by atoms with Crippen LogP contribution < -0.4 is 15.5 Å². The number of nitrogens with zero attached hydrogens (tertiary/aromatic N) is 2. The second-order valence-corrected chi connectivity index (χ2v) is 9.87. The van der Waals surface area contributed by atoms with E-state index < -0.39 is 9.84 Å². The van der Waals surface area contributed by atoms with Crippen molar-refractivity contribution in [2.24, 2.45) is 10.9 Å². The van der Waals surface area contributed by atoms with Gasteiger partial charge in [-0.3, -0.25) is 4.99 Å². The van der Waals surface area contributed by atoms with Crippen LogP contribution in [0.15, 0.2) is 29.3 Å². The van der Waals surface area contributed by atoms with E-state index in [1.807, 2.05) is 6.92 Å². The third-order valence-corrected chi connectivity index (χ3v) is 7.21. The van der Waals surface area contributed by atoms with Gasteiger partial charge in [0.25, 0.3) is 0 Å². The van der Waals surface area contributed by atoms with Gasteiger partial charge in [-0.15, -0.1) is 24.0 Å². The molecule has 0 saturated carbocycles. The molecule has 6 nitrogen and oxygen atoms in total. The van der Waals surface area contributed by atoms with Gasteiger partial charge < -0.3 is 15.5 Å². The first-order valence-electron chi connectivity index (χ1n) is 10.1. The molecule has 0 aliphatic carbocycles. The fraction of sp³-hybridized carbons (Fsp3) is 0.650. The average Bonchev–Trinajstić information content (AvgIpc) is 3.29. The molecule has 158 valence electrons. The molecule has 0 spiro atoms. The van der Waals surface area contributed by atoms with E-state index in [0.29, 0.717) is 12.3 Å². The fourth-order valence-corrected chi connectivity index (χ4v) is 5.66. The zero-order valence-electron chi connectivity index (χ0n) is 16.9. The van der Waals surface area contributed by atoms with Gasteiger partial charge in [0.1, 0.15) is 0 Å². The molecular weight excluding hydrogens is 487 g/mol. The number of nitrogens with one attached hydrogen (secondary N) is 2. The summed E-state index contributed by atoms with van der Waals surface area (Å²) in [5, 5.41) is 6.74. The summed E-state index contributed by atoms with van der Waals surface area (Å²) in [6.45, 7) is 7.77. The molecule has 2 heterocycles. The summed E-state index contributed by atoms with van der Waals surface area (Å²) in [4.78, 5) is 7.09. The van der Waals surface area contributed by atoms with Crippen LogP contribution in [0, 0.1) is 5.92 Å². The lowest BCUT2D eigenvalue weighted by Gasteiger charge is -2.22. The third kappa shape index (κ3) is 6.50. The van der Waals surface area contributed by atoms with Crippen LogP contribution in [-0.2, 0) is 9.84 Å². The van der Waals surface area contributed by atoms with E-state index in [1.165, 1.54) is 24.1 Å². The lowest BCUT2D eigenvalue weighted by atomic mass is 10.1. The van der Waals surface area contributed by atoms with Gasteiger partial charge in [0.2, 0.25) is 0 Å². The number of sulfone groups is 1. The number of rotatable bonds is 6. The summed E-state index contributed by atoms with van der Waals surface area (Å²) in [6, 6.07) is 8.83. The number of anilines is 1. The minimum Gasteiger partial charge on any atom is -0.372 e. The Morgan fingerprint density at radius 2 is 2.07 bits per heavy atom. The van der Waals surface area contributed by atoms with Gasteiger partial charge in [-0.1, -0.05) is 12.1 Å². The minimum atomic E-state index is -2.85. The Hall–Kier alpha value is -1.03. The summed E-state index contributed by atoms with van der Waals surface area (Å²) >= 11 is 0. The van der Waals surface area contributed by atoms with Gasteiger partial charge in [0.05, 0.1) is 17.5 Å². The number of hydrogen-bond donors (Lipinski definition) is 2. The molecule has 0 aromatic heterocycles. The van der Waals surface area contributed by atoms with E-state index in [1.54, 1.807) is 0 Å². The van der Waals surface area contributed by atoms with Gasteiger partial charge in [0.15, 0.2) is 15.8 Å². The quantitative estimate of drug-likeness (QED) is 0.343. The maximum atomic E-state index is 11.6. The standard InChI is InChI=1S/C20H32N4O2S.HI/c1-3-21-20(22-14-17-9-12-27(25,26)15-17)23-16(2)18-7-6-8-19(13-18)24-10-4-5-11-24;/h6-8,13,16-17H,3-5,9-12,14-15H2,1-2H3,(H2,21,22,23);1H. The average molecular weight is 520 g/mol. The molecule has 2 atom stereocenters. The monoisotopic (exact) mass is 520 g/mol. The predicted octanol–water partition coefficient (Wildman–Crippen LogP) is 2.96. The van der Waals surface area contributed by atoms with E-state index >= 15 is 0 Å². The highest BCUT2D eigenvalue weighted by Gasteiger charge is 2.27. The van der Waals surface area contributed by atoms with Crippen molar-refractivity contribution in [3.05, 3.63) is 29.8 Å². The molecule has 2 N–H and O–H groups in total. The summed E-state index contributed by atoms with van der Waals surface area (Å²) in [5.41, 5.74) is 2.52. The van der Waals surface area contributed by atoms with Crippen LogP contribution in [0.3, 0.4) is 0 Å². The lowest BCUT2D eigenvalue weighted by molar-refractivity contribution is 0.587. The molecule has 0 radical (unpaired) electrons. The van der Waals surface area contributed by atoms with E-state index in [4.69, 9.17) is 0 Å². The Balaban J connectivity index is 0.00000280. The lowest BCUT2D eigenvalue weighted by Crippen LogP contribution is -2.39. The zero-order chi connectivity index (χ0) is 19.3. The highest BCUT2D eigenvalue weighted by Crippen LogP contribution is 2.24. The van der Waals surface area contributed by atoms with Crippen LogP contribution in [-0.4, -0.2) is 52.1 Å². The third-order valence-electron chi connectivity index (χ3n) is 5.37. The number of aliphatic imine (C=N–C) groups is 1. The summed E-state index contributed by atoms with van der Waals surface area (Å²) in [5.74, 6) is 1.46. The maximum Gasteiger partial charge on any atom is 0.191 e. The first kappa shape index (κ1) is 23.3. The maximum absolute atomic E-state index is 11.6. The smallest absolute Gasteiger partial charge is 0.191 e. The summed E-state index contributed by atoms with van der Waals surface area (Å²) in [7, 11) is -2.85. The zero-order valence-corrected chi connectivity index (χ0v) is 20.0. The molecule has 0 bridgehead atoms. The van der Waals surface area contributed by atoms with E-state index in [9.17, 15) is 8.42 Å². The van der Waals surface area contributed by atoms with Gasteiger partial charge in [-0.2, -0.15) is 0 Å². The molecule has 28 heavy (non-hydrogen) atoms. The van der Waals surface area contributed by atoms with Crippen LogP contribution in [0.4, 0.5) is 5.69 Å². The first-order chi connectivity index (χ1) is 13.0. The van der Waals surface area contributed by atoms with Crippen molar-refractivity contribution in [1.29, 1.82) is 0 Å². The molecule has 1 aromatic carbocycles. The van der Waals surface area contributed by atoms with E-state index in [2.05, 4.69) is 51.7 Å². The second-order valence-electron chi connectivity index (χ2n) is 7.64. The Morgan fingerprint density at radius 1 is 1.32 bits per heavy atom. The van der Waals surface area contributed by atoms with E-state index in [-0.39, 0.29) is 41.7 Å². The second kappa shape index (κ2) is 10.7. The molecule has 1 aromatic rings. The van der Waals surface area contributed by atoms with Crippen LogP contribution >= 0.6 is 24.0 Å². The van der Waals surface area contributed by atoms with Crippen LogP contribution in [0.25, 0.3) is 0 Å². The van der Waals surface area contributed by atoms with Crippen molar-refractivity contribution < 1.29 is 8.42 Å². The Kier molecular flexibility index (Phi) is 8.85. The number of hydrogen-bond acceptors (Lipinski definition) is 4. The molecule has 2 unspecified atom stereocenters. The Labute approximate surface area is 186 Å². The molecule has 3 rings (SSSR count). The summed E-state index contributed by atoms with van der Waals surface area (Å²) in [6.07, 6.45) is 3.26. The molecular formula is C20H33IN4O2S. The van der Waals surface area contributed by atoms with Crippen molar-refractivity contribution in [2.45, 2.75) is 39.2 Å². The first-order valence-corrected chi connectivity index (χ1v) is 11.9. The largest absolute Gasteiger partial charge is 0.372 e. The number of benzene rings is 1. The Bertz CT molecular complexity index is 763. The summed E-state index contributed by atoms with van der Waals surface area (Å²) < 4.78 is 23.3. The molecule has 8 heteroatoms. The van der Waals surface area contributed by atoms with Crippen molar-refractivity contribution in [3.63, 3.8) is 0 Å². The van der Waals surface area contributed by atoms with Gasteiger partial charge in [0, 0.05) is 31.9 Å². The fourth-order valence-electron chi connectivity index (χ4n) is 3.81. The van der Waals surface area contributed by atoms with Crippen LogP contribution in [0.1, 0.15) is 44.7 Å². The van der Waals surface area contributed by atoms with Crippen LogP contribution in [0.2, 0.25) is 0 Å². The van der Waals surface area contributed by atoms with Gasteiger partial charge in [-0.05, 0) is 56.7 Å². The molecule has 2 fully saturated rings. The molecule has 0 amide bonds. The normalized spacial score (nSPS) is 22.6.